The molecule has 0 heterocycles. The lowest BCUT2D eigenvalue weighted by atomic mass is 9.89. The highest BCUT2D eigenvalue weighted by Crippen LogP contribution is 2.28. The van der Waals surface area contributed by atoms with Gasteiger partial charge < -0.3 is 14.8 Å². The van der Waals surface area contributed by atoms with Gasteiger partial charge in [0.05, 0.1) is 0 Å². The van der Waals surface area contributed by atoms with E-state index in [0.29, 0.717) is 0 Å². The van der Waals surface area contributed by atoms with Gasteiger partial charge >= 0.3 is 6.09 Å². The van der Waals surface area contributed by atoms with Crippen LogP contribution in [0.2, 0.25) is 0 Å². The van der Waals surface area contributed by atoms with Gasteiger partial charge in [-0.25, -0.2) is 4.79 Å². The molecule has 1 saturated carbocycles. The zero-order chi connectivity index (χ0) is 16.4. The molecule has 1 aliphatic rings. The fraction of sp³-hybridized carbons (Fsp3) is 0.421. The molecule has 1 fully saturated rings. The maximum atomic E-state index is 11.7. The van der Waals surface area contributed by atoms with Crippen molar-refractivity contribution < 1.29 is 14.3 Å². The summed E-state index contributed by atoms with van der Waals surface area (Å²) in [7, 11) is 0. The molecule has 0 aliphatic heterocycles. The van der Waals surface area contributed by atoms with E-state index in [4.69, 9.17) is 9.47 Å². The summed E-state index contributed by atoms with van der Waals surface area (Å²) in [5.74, 6) is 0.879. The average Bonchev–Trinajstić information content (AvgIpc) is 2.43. The molecule has 1 amide bonds. The highest BCUT2D eigenvalue weighted by atomic mass is 16.6. The van der Waals surface area contributed by atoms with Crippen LogP contribution in [0.4, 0.5) is 4.79 Å². The molecule has 0 aromatic heterocycles. The molecule has 4 heteroatoms. The smallest absolute Gasteiger partial charge is 0.407 e. The quantitative estimate of drug-likeness (QED) is 0.920. The SMILES string of the molecule is CC(C)(C)OC(=O)NC1CC(Oc2ccc3ccccc3c2)C1. The van der Waals surface area contributed by atoms with E-state index >= 15 is 0 Å². The number of carbonyl (C=O) groups excluding carboxylic acids is 1. The molecule has 23 heavy (non-hydrogen) atoms. The second kappa shape index (κ2) is 6.11. The number of fused-ring (bicyclic) bond motifs is 1. The third-order valence-electron chi connectivity index (χ3n) is 3.84. The summed E-state index contributed by atoms with van der Waals surface area (Å²) in [6, 6.07) is 14.5. The van der Waals surface area contributed by atoms with Crippen molar-refractivity contribution in [2.24, 2.45) is 0 Å². The Morgan fingerprint density at radius 2 is 1.78 bits per heavy atom. The lowest BCUT2D eigenvalue weighted by Crippen LogP contribution is -2.50. The minimum absolute atomic E-state index is 0.135. The fourth-order valence-electron chi connectivity index (χ4n) is 2.69. The Hall–Kier alpha value is -2.23. The highest BCUT2D eigenvalue weighted by Gasteiger charge is 2.33. The number of hydrogen-bond donors (Lipinski definition) is 1. The number of alkyl carbamates (subject to hydrolysis) is 1. The standard InChI is InChI=1S/C19H23NO3/c1-19(2,3)23-18(21)20-15-11-17(12-15)22-16-9-8-13-6-4-5-7-14(13)10-16/h4-10,15,17H,11-12H2,1-3H3,(H,20,21). The molecule has 122 valence electrons. The molecule has 1 N–H and O–H groups in total. The van der Waals surface area contributed by atoms with Crippen molar-refractivity contribution in [3.63, 3.8) is 0 Å². The molecule has 1 aliphatic carbocycles. The molecule has 2 aromatic carbocycles. The second-order valence-corrected chi connectivity index (χ2v) is 7.06. The number of ether oxygens (including phenoxy) is 2. The van der Waals surface area contributed by atoms with Gasteiger partial charge in [0.15, 0.2) is 0 Å². The van der Waals surface area contributed by atoms with Gasteiger partial charge in [-0.05, 0) is 43.7 Å². The minimum Gasteiger partial charge on any atom is -0.490 e. The third-order valence-corrected chi connectivity index (χ3v) is 3.84. The Labute approximate surface area is 136 Å². The molecule has 0 radical (unpaired) electrons. The van der Waals surface area contributed by atoms with E-state index in [0.717, 1.165) is 18.6 Å². The van der Waals surface area contributed by atoms with E-state index in [-0.39, 0.29) is 18.2 Å². The van der Waals surface area contributed by atoms with Gasteiger partial charge in [-0.15, -0.1) is 0 Å². The van der Waals surface area contributed by atoms with Crippen LogP contribution in [-0.4, -0.2) is 23.8 Å². The Bertz CT molecular complexity index is 699. The number of amides is 1. The van der Waals surface area contributed by atoms with Crippen molar-refractivity contribution >= 4 is 16.9 Å². The summed E-state index contributed by atoms with van der Waals surface area (Å²) in [6.45, 7) is 5.58. The molecular formula is C19H23NO3. The zero-order valence-electron chi connectivity index (χ0n) is 13.8. The second-order valence-electron chi connectivity index (χ2n) is 7.06. The number of carbonyl (C=O) groups is 1. The fourth-order valence-corrected chi connectivity index (χ4v) is 2.69. The summed E-state index contributed by atoms with van der Waals surface area (Å²) >= 11 is 0. The first-order valence-electron chi connectivity index (χ1n) is 8.04. The summed E-state index contributed by atoms with van der Waals surface area (Å²) in [4.78, 5) is 11.7. The lowest BCUT2D eigenvalue weighted by Gasteiger charge is -2.36. The summed E-state index contributed by atoms with van der Waals surface area (Å²) in [5, 5.41) is 5.26. The topological polar surface area (TPSA) is 47.6 Å². The predicted octanol–water partition coefficient (Wildman–Crippen LogP) is 4.27. The predicted molar refractivity (Wildman–Crippen MR) is 90.8 cm³/mol. The van der Waals surface area contributed by atoms with E-state index in [1.54, 1.807) is 0 Å². The highest BCUT2D eigenvalue weighted by molar-refractivity contribution is 5.83. The third kappa shape index (κ3) is 4.15. The number of benzene rings is 2. The van der Waals surface area contributed by atoms with Crippen molar-refractivity contribution in [3.8, 4) is 5.75 Å². The van der Waals surface area contributed by atoms with Gasteiger partial charge in [0.2, 0.25) is 0 Å². The van der Waals surface area contributed by atoms with Gasteiger partial charge in [0.25, 0.3) is 0 Å². The first-order valence-corrected chi connectivity index (χ1v) is 8.04. The Morgan fingerprint density at radius 3 is 2.48 bits per heavy atom. The Kier molecular flexibility index (Phi) is 4.16. The maximum Gasteiger partial charge on any atom is 0.407 e. The van der Waals surface area contributed by atoms with Crippen LogP contribution in [0.1, 0.15) is 33.6 Å². The van der Waals surface area contributed by atoms with Gasteiger partial charge in [-0.3, -0.25) is 0 Å². The van der Waals surface area contributed by atoms with E-state index in [9.17, 15) is 4.79 Å². The molecule has 0 saturated heterocycles. The van der Waals surface area contributed by atoms with Crippen LogP contribution in [-0.2, 0) is 4.74 Å². The van der Waals surface area contributed by atoms with Gasteiger partial charge in [-0.2, -0.15) is 0 Å². The van der Waals surface area contributed by atoms with Crippen LogP contribution in [0.25, 0.3) is 10.8 Å². The monoisotopic (exact) mass is 313 g/mol. The molecule has 4 nitrogen and oxygen atoms in total. The number of hydrogen-bond acceptors (Lipinski definition) is 3. The largest absolute Gasteiger partial charge is 0.490 e. The van der Waals surface area contributed by atoms with E-state index in [2.05, 4.69) is 29.6 Å². The lowest BCUT2D eigenvalue weighted by molar-refractivity contribution is 0.0363. The van der Waals surface area contributed by atoms with E-state index in [1.165, 1.54) is 10.8 Å². The number of rotatable bonds is 3. The number of nitrogens with one attached hydrogen (secondary N) is 1. The van der Waals surface area contributed by atoms with Crippen LogP contribution < -0.4 is 10.1 Å². The van der Waals surface area contributed by atoms with E-state index in [1.807, 2.05) is 39.0 Å². The Morgan fingerprint density at radius 1 is 1.09 bits per heavy atom. The van der Waals surface area contributed by atoms with Gasteiger partial charge in [-0.1, -0.05) is 30.3 Å². The van der Waals surface area contributed by atoms with E-state index < -0.39 is 5.60 Å². The van der Waals surface area contributed by atoms with Crippen molar-refractivity contribution in [2.75, 3.05) is 0 Å². The van der Waals surface area contributed by atoms with Crippen molar-refractivity contribution in [1.29, 1.82) is 0 Å². The summed E-state index contributed by atoms with van der Waals surface area (Å²) < 4.78 is 11.2. The van der Waals surface area contributed by atoms with Gasteiger partial charge in [0.1, 0.15) is 17.5 Å². The van der Waals surface area contributed by atoms with Crippen LogP contribution in [0.15, 0.2) is 42.5 Å². The van der Waals surface area contributed by atoms with Crippen molar-refractivity contribution in [2.45, 2.75) is 51.4 Å². The molecule has 0 unspecified atom stereocenters. The molecular weight excluding hydrogens is 290 g/mol. The van der Waals surface area contributed by atoms with Crippen LogP contribution in [0.5, 0.6) is 5.75 Å². The summed E-state index contributed by atoms with van der Waals surface area (Å²) in [5.41, 5.74) is -0.463. The van der Waals surface area contributed by atoms with Gasteiger partial charge in [0, 0.05) is 18.9 Å². The molecule has 0 spiro atoms. The first kappa shape index (κ1) is 15.7. The molecule has 3 rings (SSSR count). The zero-order valence-corrected chi connectivity index (χ0v) is 13.8. The van der Waals surface area contributed by atoms with Crippen LogP contribution in [0, 0.1) is 0 Å². The molecule has 0 atom stereocenters. The maximum absolute atomic E-state index is 11.7. The first-order chi connectivity index (χ1) is 10.9. The normalized spacial score (nSPS) is 20.7. The summed E-state index contributed by atoms with van der Waals surface area (Å²) in [6.07, 6.45) is 1.42. The van der Waals surface area contributed by atoms with Crippen LogP contribution in [0.3, 0.4) is 0 Å². The van der Waals surface area contributed by atoms with Crippen molar-refractivity contribution in [3.05, 3.63) is 42.5 Å². The Balaban J connectivity index is 1.49. The molecule has 0 bridgehead atoms. The van der Waals surface area contributed by atoms with Crippen LogP contribution >= 0.6 is 0 Å². The minimum atomic E-state index is -0.463. The van der Waals surface area contributed by atoms with Crippen molar-refractivity contribution in [1.82, 2.24) is 5.32 Å². The molecule has 2 aromatic rings. The average molecular weight is 313 g/mol.